The highest BCUT2D eigenvalue weighted by atomic mass is 16.5. The number of benzene rings is 2. The van der Waals surface area contributed by atoms with Crippen LogP contribution in [0.25, 0.3) is 0 Å². The Labute approximate surface area is 190 Å². The average molecular weight is 432 g/mol. The maximum absolute atomic E-state index is 11.4. The minimum Gasteiger partial charge on any atom is -0.489 e. The van der Waals surface area contributed by atoms with Crippen LogP contribution >= 0.6 is 0 Å². The van der Waals surface area contributed by atoms with Crippen LogP contribution in [0.4, 0.5) is 0 Å². The summed E-state index contributed by atoms with van der Waals surface area (Å²) in [6.45, 7) is 9.86. The molecule has 1 atom stereocenters. The van der Waals surface area contributed by atoms with Crippen molar-refractivity contribution in [2.24, 2.45) is 0 Å². The van der Waals surface area contributed by atoms with Gasteiger partial charge in [0.05, 0.1) is 12.5 Å². The van der Waals surface area contributed by atoms with E-state index in [0.717, 1.165) is 11.3 Å². The van der Waals surface area contributed by atoms with E-state index in [1.165, 1.54) is 29.5 Å². The number of carbonyl (C=O) groups is 1. The van der Waals surface area contributed by atoms with E-state index in [2.05, 4.69) is 45.9 Å². The second-order valence-corrected chi connectivity index (χ2v) is 10.2. The van der Waals surface area contributed by atoms with Crippen LogP contribution in [0.15, 0.2) is 67.0 Å². The van der Waals surface area contributed by atoms with Gasteiger partial charge in [0, 0.05) is 12.4 Å². The van der Waals surface area contributed by atoms with Crippen LogP contribution in [-0.2, 0) is 22.2 Å². The van der Waals surface area contributed by atoms with Crippen LogP contribution in [-0.4, -0.2) is 15.6 Å². The number of aromatic nitrogens is 1. The van der Waals surface area contributed by atoms with Gasteiger partial charge in [0.25, 0.3) is 0 Å². The summed E-state index contributed by atoms with van der Waals surface area (Å²) in [6.07, 6.45) is 6.24. The quantitative estimate of drug-likeness (QED) is 0.466. The first-order valence-electron chi connectivity index (χ1n) is 11.4. The van der Waals surface area contributed by atoms with Crippen LogP contribution in [0.3, 0.4) is 0 Å². The zero-order valence-corrected chi connectivity index (χ0v) is 19.5. The highest BCUT2D eigenvalue weighted by molar-refractivity contribution is 5.68. The Kier molecular flexibility index (Phi) is 5.89. The van der Waals surface area contributed by atoms with Crippen molar-refractivity contribution in [3.8, 4) is 5.75 Å². The van der Waals surface area contributed by atoms with Crippen LogP contribution in [0.1, 0.15) is 75.3 Å². The zero-order chi connectivity index (χ0) is 22.9. The molecule has 1 aliphatic rings. The first kappa shape index (κ1) is 22.2. The van der Waals surface area contributed by atoms with E-state index in [-0.39, 0.29) is 23.3 Å². The molecule has 0 unspecified atom stereocenters. The van der Waals surface area contributed by atoms with Gasteiger partial charge in [-0.15, -0.1) is 0 Å². The Hall–Kier alpha value is -3.01. The molecule has 0 bridgehead atoms. The lowest BCUT2D eigenvalue weighted by atomic mass is 9.63. The van der Waals surface area contributed by atoms with Crippen molar-refractivity contribution in [2.45, 2.75) is 70.4 Å². The number of hydrogen-bond donors (Lipinski definition) is 1. The van der Waals surface area contributed by atoms with Gasteiger partial charge in [0.1, 0.15) is 12.4 Å². The molecule has 0 radical (unpaired) electrons. The lowest BCUT2D eigenvalue weighted by molar-refractivity contribution is -0.137. The number of carboxylic acid groups (broad SMARTS) is 1. The highest BCUT2D eigenvalue weighted by Gasteiger charge is 2.36. The van der Waals surface area contributed by atoms with Gasteiger partial charge in [-0.3, -0.25) is 4.79 Å². The molecular weight excluding hydrogens is 398 g/mol. The number of fused-ring (bicyclic) bond motifs is 1. The second kappa shape index (κ2) is 8.50. The monoisotopic (exact) mass is 431 g/mol. The average Bonchev–Trinajstić information content (AvgIpc) is 3.29. The summed E-state index contributed by atoms with van der Waals surface area (Å²) in [7, 11) is 0. The molecule has 1 aliphatic carbocycles. The van der Waals surface area contributed by atoms with E-state index in [1.54, 1.807) is 0 Å². The smallest absolute Gasteiger partial charge is 0.305 e. The maximum Gasteiger partial charge on any atom is 0.305 e. The van der Waals surface area contributed by atoms with E-state index in [0.29, 0.717) is 6.61 Å². The van der Waals surface area contributed by atoms with E-state index in [1.807, 2.05) is 53.4 Å². The van der Waals surface area contributed by atoms with Crippen molar-refractivity contribution in [1.29, 1.82) is 0 Å². The Morgan fingerprint density at radius 2 is 1.59 bits per heavy atom. The SMILES string of the molecule is CC1(C)CCC(C)(C)c2cc(COc3ccc([C@H](CC(=O)O)n4cccc4)cc3)ccc21. The molecule has 0 saturated carbocycles. The third-order valence-corrected chi connectivity index (χ3v) is 6.94. The minimum atomic E-state index is -0.817. The van der Waals surface area contributed by atoms with E-state index >= 15 is 0 Å². The lowest BCUT2D eigenvalue weighted by Gasteiger charge is -2.42. The summed E-state index contributed by atoms with van der Waals surface area (Å²) in [5.74, 6) is -0.0322. The zero-order valence-electron chi connectivity index (χ0n) is 19.5. The molecule has 32 heavy (non-hydrogen) atoms. The van der Waals surface area contributed by atoms with Crippen LogP contribution in [0.2, 0.25) is 0 Å². The number of rotatable bonds is 7. The van der Waals surface area contributed by atoms with Crippen molar-refractivity contribution < 1.29 is 14.6 Å². The normalized spacial score (nSPS) is 17.4. The molecule has 1 N–H and O–H groups in total. The highest BCUT2D eigenvalue weighted by Crippen LogP contribution is 2.45. The Balaban J connectivity index is 1.49. The summed E-state index contributed by atoms with van der Waals surface area (Å²) < 4.78 is 8.02. The van der Waals surface area contributed by atoms with Gasteiger partial charge in [-0.2, -0.15) is 0 Å². The van der Waals surface area contributed by atoms with Gasteiger partial charge in [-0.25, -0.2) is 0 Å². The Morgan fingerprint density at radius 3 is 2.22 bits per heavy atom. The molecule has 3 aromatic rings. The predicted octanol–water partition coefficient (Wildman–Crippen LogP) is 6.48. The molecule has 0 spiro atoms. The number of carboxylic acids is 1. The summed E-state index contributed by atoms with van der Waals surface area (Å²) in [4.78, 5) is 11.4. The molecular formula is C28H33NO3. The van der Waals surface area contributed by atoms with E-state index < -0.39 is 5.97 Å². The molecule has 0 amide bonds. The Morgan fingerprint density at radius 1 is 0.969 bits per heavy atom. The molecule has 2 aromatic carbocycles. The molecule has 168 valence electrons. The summed E-state index contributed by atoms with van der Waals surface area (Å²) >= 11 is 0. The van der Waals surface area contributed by atoms with Crippen molar-refractivity contribution in [1.82, 2.24) is 4.57 Å². The molecule has 4 rings (SSSR count). The molecule has 0 saturated heterocycles. The van der Waals surface area contributed by atoms with Crippen LogP contribution in [0, 0.1) is 0 Å². The first-order valence-corrected chi connectivity index (χ1v) is 11.4. The van der Waals surface area contributed by atoms with Crippen LogP contribution in [0.5, 0.6) is 5.75 Å². The third-order valence-electron chi connectivity index (χ3n) is 6.94. The van der Waals surface area contributed by atoms with Gasteiger partial charge < -0.3 is 14.4 Å². The fourth-order valence-electron chi connectivity index (χ4n) is 4.79. The van der Waals surface area contributed by atoms with Crippen molar-refractivity contribution in [2.75, 3.05) is 0 Å². The van der Waals surface area contributed by atoms with Gasteiger partial charge in [-0.1, -0.05) is 58.0 Å². The van der Waals surface area contributed by atoms with Crippen molar-refractivity contribution >= 4 is 5.97 Å². The van der Waals surface area contributed by atoms with E-state index in [9.17, 15) is 9.90 Å². The van der Waals surface area contributed by atoms with Crippen molar-refractivity contribution in [3.05, 3.63) is 89.2 Å². The standard InChI is InChI=1S/C28H33NO3/c1-27(2)13-14-28(3,4)24-17-20(7-12-23(24)27)19-32-22-10-8-21(9-11-22)25(18-26(30)31)29-15-5-6-16-29/h5-12,15-17,25H,13-14,18-19H2,1-4H3,(H,30,31)/t25-/m0/s1. The number of aliphatic carboxylic acids is 1. The fourth-order valence-corrected chi connectivity index (χ4v) is 4.79. The largest absolute Gasteiger partial charge is 0.489 e. The first-order chi connectivity index (χ1) is 15.2. The molecule has 1 aromatic heterocycles. The van der Waals surface area contributed by atoms with Gasteiger partial charge >= 0.3 is 5.97 Å². The molecule has 0 fully saturated rings. The number of hydrogen-bond acceptors (Lipinski definition) is 2. The third kappa shape index (κ3) is 4.59. The minimum absolute atomic E-state index is 0.0378. The molecule has 4 heteroatoms. The molecule has 0 aliphatic heterocycles. The molecule has 4 nitrogen and oxygen atoms in total. The van der Waals surface area contributed by atoms with Crippen LogP contribution < -0.4 is 4.74 Å². The number of nitrogens with zero attached hydrogens (tertiary/aromatic N) is 1. The topological polar surface area (TPSA) is 51.5 Å². The molecule has 1 heterocycles. The lowest BCUT2D eigenvalue weighted by Crippen LogP contribution is -2.33. The summed E-state index contributed by atoms with van der Waals surface area (Å²) in [5.41, 5.74) is 5.42. The maximum atomic E-state index is 11.4. The summed E-state index contributed by atoms with van der Waals surface area (Å²) in [5, 5.41) is 9.32. The van der Waals surface area contributed by atoms with Gasteiger partial charge in [-0.05, 0) is 70.2 Å². The van der Waals surface area contributed by atoms with Crippen molar-refractivity contribution in [3.63, 3.8) is 0 Å². The Bertz CT molecular complexity index is 1080. The van der Waals surface area contributed by atoms with E-state index in [4.69, 9.17) is 4.74 Å². The van der Waals surface area contributed by atoms with Gasteiger partial charge in [0.2, 0.25) is 0 Å². The number of ether oxygens (including phenoxy) is 1. The predicted molar refractivity (Wildman–Crippen MR) is 127 cm³/mol. The van der Waals surface area contributed by atoms with Gasteiger partial charge in [0.15, 0.2) is 0 Å². The summed E-state index contributed by atoms with van der Waals surface area (Å²) in [6, 6.07) is 18.2. The second-order valence-electron chi connectivity index (χ2n) is 10.2. The fraction of sp³-hybridized carbons (Fsp3) is 0.393.